The molecule has 5 aromatic heterocycles. The van der Waals surface area contributed by atoms with Gasteiger partial charge in [-0.05, 0) is 51.0 Å². The van der Waals surface area contributed by atoms with E-state index in [1.165, 1.54) is 28.9 Å². The maximum atomic E-state index is 15.4. The molecule has 5 atom stereocenters. The summed E-state index contributed by atoms with van der Waals surface area (Å²) in [5.74, 6) is 0.556. The molecule has 4 aliphatic rings. The van der Waals surface area contributed by atoms with Gasteiger partial charge in [0.1, 0.15) is 40.8 Å². The Balaban J connectivity index is 1.05. The molecule has 6 bridgehead atoms. The van der Waals surface area contributed by atoms with Crippen molar-refractivity contribution in [2.75, 3.05) is 41.9 Å². The molecule has 2 fully saturated rings. The van der Waals surface area contributed by atoms with Gasteiger partial charge in [0.25, 0.3) is 0 Å². The van der Waals surface area contributed by atoms with E-state index >= 15 is 8.78 Å². The quantitative estimate of drug-likeness (QED) is 0.254. The number of ether oxygens (including phenoxy) is 1. The molecule has 9 heterocycles. The van der Waals surface area contributed by atoms with Crippen molar-refractivity contribution in [1.29, 1.82) is 0 Å². The minimum Gasteiger partial charge on any atom is -0.375 e. The molecule has 1 unspecified atom stereocenters. The largest absolute Gasteiger partial charge is 0.375 e. The first-order valence-corrected chi connectivity index (χ1v) is 20.0. The van der Waals surface area contributed by atoms with Crippen LogP contribution in [0, 0.1) is 24.4 Å². The zero-order valence-corrected chi connectivity index (χ0v) is 32.9. The van der Waals surface area contributed by atoms with Gasteiger partial charge in [-0.15, -0.1) is 0 Å². The number of aromatic nitrogens is 10. The molecule has 19 heteroatoms. The van der Waals surface area contributed by atoms with Crippen molar-refractivity contribution >= 4 is 45.7 Å². The van der Waals surface area contributed by atoms with Crippen LogP contribution in [-0.2, 0) is 22.6 Å². The predicted molar refractivity (Wildman–Crippen MR) is 214 cm³/mol. The molecule has 0 aliphatic carbocycles. The van der Waals surface area contributed by atoms with Gasteiger partial charge in [0.2, 0.25) is 17.8 Å². The van der Waals surface area contributed by atoms with Crippen LogP contribution < -0.4 is 15.1 Å². The second-order valence-electron chi connectivity index (χ2n) is 15.9. The van der Waals surface area contributed by atoms with Gasteiger partial charge in [-0.25, -0.2) is 37.8 Å². The van der Waals surface area contributed by atoms with Crippen LogP contribution in [0.1, 0.15) is 37.5 Å². The van der Waals surface area contributed by atoms with Crippen LogP contribution in [0.3, 0.4) is 0 Å². The Kier molecular flexibility index (Phi) is 8.33. The third kappa shape index (κ3) is 5.76. The minimum atomic E-state index is -0.805. The van der Waals surface area contributed by atoms with Crippen LogP contribution in [0.2, 0.25) is 0 Å². The topological polar surface area (TPSA) is 153 Å². The Morgan fingerprint density at radius 2 is 1.80 bits per heavy atom. The monoisotopic (exact) mass is 816 g/mol. The number of carbonyl (C=O) groups is 1. The maximum absolute atomic E-state index is 15.4. The van der Waals surface area contributed by atoms with Crippen LogP contribution in [0.5, 0.6) is 0 Å². The number of likely N-dealkylation sites (N-methyl/N-ethyl adjacent to an activating group) is 1. The van der Waals surface area contributed by atoms with Crippen molar-refractivity contribution in [3.63, 3.8) is 0 Å². The summed E-state index contributed by atoms with van der Waals surface area (Å²) in [5, 5.41) is 8.52. The highest BCUT2D eigenvalue weighted by Crippen LogP contribution is 2.46. The summed E-state index contributed by atoms with van der Waals surface area (Å²) in [6, 6.07) is 6.82. The summed E-state index contributed by atoms with van der Waals surface area (Å²) in [5.41, 5.74) is 2.57. The number of hydrogen-bond acceptors (Lipinski definition) is 12. The average Bonchev–Trinajstić information content (AvgIpc) is 4.03. The highest BCUT2D eigenvalue weighted by Gasteiger charge is 2.48. The van der Waals surface area contributed by atoms with E-state index in [0.717, 1.165) is 18.3 Å². The number of amides is 1. The van der Waals surface area contributed by atoms with E-state index in [1.54, 1.807) is 36.6 Å². The second-order valence-corrected chi connectivity index (χ2v) is 15.9. The number of fused-ring (bicyclic) bond motifs is 10. The molecule has 0 radical (unpaired) electrons. The SMILES string of the molecule is CCO[C@H]1CN(C)C(=O)[C@@H]2C[C@@H](CN2c2nc(N3C4C[C@@H]3Cn3ccnc34)nc3c2cnn3-c2ccc(F)cc2F)Nc2nccc(n2)-c2cc(F)cc3nc(C)n(c23)C1. The molecular weight excluding hydrogens is 778 g/mol. The molecule has 0 saturated carbocycles. The highest BCUT2D eigenvalue weighted by molar-refractivity contribution is 5.94. The van der Waals surface area contributed by atoms with Crippen molar-refractivity contribution in [3.8, 4) is 16.9 Å². The van der Waals surface area contributed by atoms with E-state index in [0.29, 0.717) is 89.5 Å². The fraction of sp³-hybridized carbons (Fsp3) is 0.366. The van der Waals surface area contributed by atoms with E-state index in [2.05, 4.69) is 29.9 Å². The van der Waals surface area contributed by atoms with Gasteiger partial charge >= 0.3 is 0 Å². The molecule has 1 amide bonds. The number of aryl methyl sites for hydroxylation is 1. The summed E-state index contributed by atoms with van der Waals surface area (Å²) in [6.07, 6.45) is 7.68. The van der Waals surface area contributed by atoms with Crippen LogP contribution in [-0.4, -0.2) is 111 Å². The lowest BCUT2D eigenvalue weighted by atomic mass is 9.89. The Morgan fingerprint density at radius 3 is 2.65 bits per heavy atom. The molecule has 1 N–H and O–H groups in total. The summed E-state index contributed by atoms with van der Waals surface area (Å²) < 4.78 is 56.5. The van der Waals surface area contributed by atoms with E-state index in [4.69, 9.17) is 24.7 Å². The smallest absolute Gasteiger partial charge is 0.245 e. The van der Waals surface area contributed by atoms with Crippen LogP contribution in [0.4, 0.5) is 30.9 Å². The maximum Gasteiger partial charge on any atom is 0.245 e. The fourth-order valence-electron chi connectivity index (χ4n) is 9.53. The number of hydrogen-bond donors (Lipinski definition) is 1. The lowest BCUT2D eigenvalue weighted by Gasteiger charge is -2.52. The first-order valence-electron chi connectivity index (χ1n) is 20.0. The molecule has 7 aromatic rings. The number of rotatable bonds is 5. The molecule has 306 valence electrons. The molecular formula is C41H39F3N14O2. The molecule has 11 rings (SSSR count). The Hall–Kier alpha value is -6.63. The molecule has 60 heavy (non-hydrogen) atoms. The third-order valence-electron chi connectivity index (χ3n) is 12.2. The van der Waals surface area contributed by atoms with Crippen molar-refractivity contribution < 1.29 is 22.7 Å². The first-order chi connectivity index (χ1) is 29.1. The van der Waals surface area contributed by atoms with Crippen LogP contribution in [0.25, 0.3) is 39.0 Å². The number of carbonyl (C=O) groups excluding carboxylic acids is 1. The van der Waals surface area contributed by atoms with Gasteiger partial charge in [0.15, 0.2) is 11.5 Å². The first kappa shape index (κ1) is 36.4. The summed E-state index contributed by atoms with van der Waals surface area (Å²) in [7, 11) is 1.76. The standard InChI is InChI=1S/C41H39F3N14O2/c1-4-60-26-19-53(3)39(59)34-14-24(49-40-46-8-7-30(50-40)27-11-23(43)13-31-35(27)55(20-26)21(2)48-31)17-56(34)36-28-16-47-58(32-6-5-22(42)12-29(32)44)37(28)52-41(51-36)57-25-15-33(57)38-45-9-10-54(38)18-25/h5-13,16,24-26,33-34H,4,14-15,17-20H2,1-3H3,(H,46,49,50)/t24-,25+,26-,33?,34-/m0/s1. The van der Waals surface area contributed by atoms with E-state index in [1.807, 2.05) is 29.5 Å². The number of halogens is 3. The molecule has 2 saturated heterocycles. The van der Waals surface area contributed by atoms with Gasteiger partial charge in [-0.1, -0.05) is 0 Å². The molecule has 16 nitrogen and oxygen atoms in total. The minimum absolute atomic E-state index is 0.0157. The zero-order chi connectivity index (χ0) is 41.0. The Morgan fingerprint density at radius 1 is 0.917 bits per heavy atom. The normalized spacial score (nSPS) is 22.5. The average molecular weight is 817 g/mol. The van der Waals surface area contributed by atoms with Crippen molar-refractivity contribution in [2.24, 2.45) is 0 Å². The second kappa shape index (κ2) is 13.7. The Labute approximate surface area is 340 Å². The van der Waals surface area contributed by atoms with Gasteiger partial charge in [-0.3, -0.25) is 4.79 Å². The number of nitrogens with zero attached hydrogens (tertiary/aromatic N) is 13. The summed E-state index contributed by atoms with van der Waals surface area (Å²) in [6.45, 7) is 5.74. The van der Waals surface area contributed by atoms with Gasteiger partial charge < -0.3 is 33.9 Å². The number of nitrogens with one attached hydrogen (secondary N) is 1. The lowest BCUT2D eigenvalue weighted by molar-refractivity contribution is -0.133. The number of imidazole rings is 2. The summed E-state index contributed by atoms with van der Waals surface area (Å²) in [4.78, 5) is 49.7. The van der Waals surface area contributed by atoms with Gasteiger partial charge in [0.05, 0.1) is 53.0 Å². The fourth-order valence-corrected chi connectivity index (χ4v) is 9.53. The van der Waals surface area contributed by atoms with Gasteiger partial charge in [0, 0.05) is 75.6 Å². The zero-order valence-electron chi connectivity index (χ0n) is 32.9. The van der Waals surface area contributed by atoms with E-state index in [9.17, 15) is 9.18 Å². The summed E-state index contributed by atoms with van der Waals surface area (Å²) >= 11 is 0. The van der Waals surface area contributed by atoms with E-state index in [-0.39, 0.29) is 36.3 Å². The van der Waals surface area contributed by atoms with Crippen molar-refractivity contribution in [2.45, 2.75) is 70.0 Å². The van der Waals surface area contributed by atoms with E-state index < -0.39 is 29.6 Å². The highest BCUT2D eigenvalue weighted by atomic mass is 19.1. The lowest BCUT2D eigenvalue weighted by Crippen LogP contribution is -2.57. The molecule has 2 aromatic carbocycles. The van der Waals surface area contributed by atoms with Crippen molar-refractivity contribution in [1.82, 2.24) is 53.7 Å². The number of benzene rings is 2. The molecule has 4 aliphatic heterocycles. The van der Waals surface area contributed by atoms with Crippen LogP contribution in [0.15, 0.2) is 61.2 Å². The predicted octanol–water partition coefficient (Wildman–Crippen LogP) is 4.81. The van der Waals surface area contributed by atoms with Crippen LogP contribution >= 0.6 is 0 Å². The molecule has 0 spiro atoms. The third-order valence-corrected chi connectivity index (χ3v) is 12.2. The van der Waals surface area contributed by atoms with Gasteiger partial charge in [-0.2, -0.15) is 15.1 Å². The van der Waals surface area contributed by atoms with Crippen molar-refractivity contribution in [3.05, 3.63) is 90.3 Å². The number of anilines is 3. The Bertz CT molecular complexity index is 2860.